The monoisotopic (exact) mass is 289 g/mol. The van der Waals surface area contributed by atoms with Crippen molar-refractivity contribution in [3.05, 3.63) is 24.0 Å². The highest BCUT2D eigenvalue weighted by atomic mass is 32.2. The van der Waals surface area contributed by atoms with E-state index in [4.69, 9.17) is 9.47 Å². The van der Waals surface area contributed by atoms with Crippen molar-refractivity contribution in [2.24, 2.45) is 0 Å². The Morgan fingerprint density at radius 1 is 1.47 bits per heavy atom. The molecule has 7 heteroatoms. The van der Waals surface area contributed by atoms with Crippen LogP contribution in [-0.2, 0) is 14.8 Å². The summed E-state index contributed by atoms with van der Waals surface area (Å²) < 4.78 is 49.7. The zero-order valence-electron chi connectivity index (χ0n) is 10.8. The summed E-state index contributed by atoms with van der Waals surface area (Å²) in [5.74, 6) is -0.667. The zero-order valence-corrected chi connectivity index (χ0v) is 11.6. The molecule has 1 fully saturated rings. The molecule has 5 nitrogen and oxygen atoms in total. The van der Waals surface area contributed by atoms with Crippen LogP contribution in [-0.4, -0.2) is 45.6 Å². The van der Waals surface area contributed by atoms with Gasteiger partial charge in [-0.1, -0.05) is 0 Å². The summed E-state index contributed by atoms with van der Waals surface area (Å²) in [4.78, 5) is -0.0695. The van der Waals surface area contributed by atoms with Crippen LogP contribution >= 0.6 is 0 Å². The van der Waals surface area contributed by atoms with E-state index in [1.165, 1.54) is 23.5 Å². The maximum atomic E-state index is 13.6. The number of sulfonamides is 1. The van der Waals surface area contributed by atoms with Gasteiger partial charge in [-0.2, -0.15) is 4.31 Å². The molecule has 1 saturated heterocycles. The van der Waals surface area contributed by atoms with Crippen molar-refractivity contribution in [2.75, 3.05) is 26.8 Å². The van der Waals surface area contributed by atoms with E-state index in [0.717, 1.165) is 6.07 Å². The molecule has 0 aliphatic carbocycles. The van der Waals surface area contributed by atoms with E-state index < -0.39 is 15.8 Å². The fourth-order valence-electron chi connectivity index (χ4n) is 1.96. The fraction of sp³-hybridized carbons (Fsp3) is 0.500. The van der Waals surface area contributed by atoms with Crippen LogP contribution < -0.4 is 4.74 Å². The van der Waals surface area contributed by atoms with Gasteiger partial charge in [-0.05, 0) is 25.1 Å². The van der Waals surface area contributed by atoms with Crippen LogP contribution in [0, 0.1) is 5.82 Å². The van der Waals surface area contributed by atoms with Gasteiger partial charge in [0, 0.05) is 13.1 Å². The van der Waals surface area contributed by atoms with Gasteiger partial charge in [-0.3, -0.25) is 0 Å². The van der Waals surface area contributed by atoms with E-state index in [1.807, 2.05) is 0 Å². The first-order valence-corrected chi connectivity index (χ1v) is 7.34. The number of hydrogen-bond acceptors (Lipinski definition) is 4. The van der Waals surface area contributed by atoms with Crippen molar-refractivity contribution in [3.8, 4) is 5.75 Å². The van der Waals surface area contributed by atoms with Crippen LogP contribution in [0.2, 0.25) is 0 Å². The van der Waals surface area contributed by atoms with Gasteiger partial charge in [-0.25, -0.2) is 12.8 Å². The molecule has 1 aliphatic rings. The maximum absolute atomic E-state index is 13.6. The van der Waals surface area contributed by atoms with Crippen LogP contribution in [0.5, 0.6) is 5.75 Å². The highest BCUT2D eigenvalue weighted by Crippen LogP contribution is 2.24. The lowest BCUT2D eigenvalue weighted by atomic mass is 10.3. The van der Waals surface area contributed by atoms with Crippen molar-refractivity contribution in [3.63, 3.8) is 0 Å². The van der Waals surface area contributed by atoms with E-state index in [1.54, 1.807) is 6.92 Å². The summed E-state index contributed by atoms with van der Waals surface area (Å²) in [5.41, 5.74) is 0. The minimum atomic E-state index is -3.68. The van der Waals surface area contributed by atoms with Gasteiger partial charge in [0.2, 0.25) is 10.0 Å². The third kappa shape index (κ3) is 2.88. The predicted molar refractivity (Wildman–Crippen MR) is 67.1 cm³/mol. The van der Waals surface area contributed by atoms with E-state index >= 15 is 0 Å². The summed E-state index contributed by atoms with van der Waals surface area (Å²) in [5, 5.41) is 0. The molecule has 1 aromatic carbocycles. The molecule has 106 valence electrons. The number of rotatable bonds is 3. The van der Waals surface area contributed by atoms with Gasteiger partial charge < -0.3 is 9.47 Å². The second kappa shape index (κ2) is 5.44. The van der Waals surface area contributed by atoms with E-state index in [-0.39, 0.29) is 29.8 Å². The molecule has 1 aliphatic heterocycles. The molecule has 1 unspecified atom stereocenters. The quantitative estimate of drug-likeness (QED) is 0.840. The highest BCUT2D eigenvalue weighted by Gasteiger charge is 2.29. The molecule has 1 atom stereocenters. The standard InChI is InChI=1S/C12H16FNO4S/c1-9-8-14(5-6-18-9)19(15,16)10-3-4-12(17-2)11(13)7-10/h3-4,7,9H,5-6,8H2,1-2H3. The number of methoxy groups -OCH3 is 1. The number of nitrogens with zero attached hydrogens (tertiary/aromatic N) is 1. The Balaban J connectivity index is 2.31. The summed E-state index contributed by atoms with van der Waals surface area (Å²) >= 11 is 0. The SMILES string of the molecule is COc1ccc(S(=O)(=O)N2CCOC(C)C2)cc1F. The Hall–Kier alpha value is -1.18. The molecular weight excluding hydrogens is 273 g/mol. The zero-order chi connectivity index (χ0) is 14.0. The molecule has 0 spiro atoms. The van der Waals surface area contributed by atoms with E-state index in [9.17, 15) is 12.8 Å². The lowest BCUT2D eigenvalue weighted by molar-refractivity contribution is 0.0102. The molecule has 0 radical (unpaired) electrons. The largest absolute Gasteiger partial charge is 0.494 e. The average molecular weight is 289 g/mol. The van der Waals surface area contributed by atoms with Gasteiger partial charge >= 0.3 is 0 Å². The normalized spacial score (nSPS) is 21.3. The number of benzene rings is 1. The number of ether oxygens (including phenoxy) is 2. The second-order valence-electron chi connectivity index (χ2n) is 4.34. The topological polar surface area (TPSA) is 55.8 Å². The third-order valence-corrected chi connectivity index (χ3v) is 4.83. The molecule has 1 heterocycles. The van der Waals surface area contributed by atoms with Crippen molar-refractivity contribution in [2.45, 2.75) is 17.9 Å². The van der Waals surface area contributed by atoms with Crippen LogP contribution in [0.1, 0.15) is 6.92 Å². The second-order valence-corrected chi connectivity index (χ2v) is 6.28. The molecule has 19 heavy (non-hydrogen) atoms. The van der Waals surface area contributed by atoms with Crippen molar-refractivity contribution in [1.29, 1.82) is 0 Å². The molecule has 0 saturated carbocycles. The predicted octanol–water partition coefficient (Wildman–Crippen LogP) is 1.24. The minimum Gasteiger partial charge on any atom is -0.494 e. The summed E-state index contributed by atoms with van der Waals surface area (Å²) in [6.07, 6.45) is -0.161. The molecule has 0 aromatic heterocycles. The van der Waals surface area contributed by atoms with Crippen LogP contribution in [0.4, 0.5) is 4.39 Å². The average Bonchev–Trinajstić information content (AvgIpc) is 2.38. The molecule has 1 aromatic rings. The molecule has 2 rings (SSSR count). The first-order chi connectivity index (χ1) is 8.95. The molecule has 0 bridgehead atoms. The Labute approximate surface area is 112 Å². The summed E-state index contributed by atoms with van der Waals surface area (Å²) in [7, 11) is -2.36. The highest BCUT2D eigenvalue weighted by molar-refractivity contribution is 7.89. The molecule has 0 amide bonds. The first kappa shape index (κ1) is 14.2. The maximum Gasteiger partial charge on any atom is 0.243 e. The Morgan fingerprint density at radius 3 is 2.79 bits per heavy atom. The summed E-state index contributed by atoms with van der Waals surface area (Å²) in [6, 6.07) is 3.64. The number of hydrogen-bond donors (Lipinski definition) is 0. The Bertz CT molecular complexity index is 561. The van der Waals surface area contributed by atoms with Crippen molar-refractivity contribution < 1.29 is 22.3 Å². The van der Waals surface area contributed by atoms with E-state index in [0.29, 0.717) is 6.61 Å². The fourth-order valence-corrected chi connectivity index (χ4v) is 3.47. The minimum absolute atomic E-state index is 0.0225. The van der Waals surface area contributed by atoms with Gasteiger partial charge in [0.15, 0.2) is 11.6 Å². The smallest absolute Gasteiger partial charge is 0.243 e. The Morgan fingerprint density at radius 2 is 2.21 bits per heavy atom. The molecular formula is C12H16FNO4S. The number of halogens is 1. The summed E-state index contributed by atoms with van der Waals surface area (Å²) in [6.45, 7) is 2.70. The third-order valence-electron chi connectivity index (χ3n) is 2.96. The Kier molecular flexibility index (Phi) is 4.07. The van der Waals surface area contributed by atoms with Gasteiger partial charge in [0.25, 0.3) is 0 Å². The van der Waals surface area contributed by atoms with Gasteiger partial charge in [0.1, 0.15) is 0 Å². The lowest BCUT2D eigenvalue weighted by Gasteiger charge is -2.30. The van der Waals surface area contributed by atoms with Gasteiger partial charge in [-0.15, -0.1) is 0 Å². The molecule has 0 N–H and O–H groups in total. The van der Waals surface area contributed by atoms with Crippen LogP contribution in [0.15, 0.2) is 23.1 Å². The van der Waals surface area contributed by atoms with Crippen LogP contribution in [0.25, 0.3) is 0 Å². The lowest BCUT2D eigenvalue weighted by Crippen LogP contribution is -2.44. The van der Waals surface area contributed by atoms with Crippen molar-refractivity contribution >= 4 is 10.0 Å². The van der Waals surface area contributed by atoms with E-state index in [2.05, 4.69) is 0 Å². The van der Waals surface area contributed by atoms with Crippen LogP contribution in [0.3, 0.4) is 0 Å². The van der Waals surface area contributed by atoms with Gasteiger partial charge in [0.05, 0.1) is 24.7 Å². The van der Waals surface area contributed by atoms with Crippen molar-refractivity contribution in [1.82, 2.24) is 4.31 Å². The first-order valence-electron chi connectivity index (χ1n) is 5.90. The number of morpholine rings is 1.